The molecular weight excluding hydrogens is 448 g/mol. The number of hydrazone groups is 1. The highest BCUT2D eigenvalue weighted by Crippen LogP contribution is 2.66. The van der Waals surface area contributed by atoms with Gasteiger partial charge in [-0.1, -0.05) is 31.9 Å². The summed E-state index contributed by atoms with van der Waals surface area (Å²) in [6, 6.07) is 3.93. The first-order valence-electron chi connectivity index (χ1n) is 5.24. The van der Waals surface area contributed by atoms with Crippen LogP contribution in [0.25, 0.3) is 0 Å². The lowest BCUT2D eigenvalue weighted by molar-refractivity contribution is -0.125. The van der Waals surface area contributed by atoms with Gasteiger partial charge in [-0.2, -0.15) is 5.10 Å². The zero-order valence-corrected chi connectivity index (χ0v) is 15.3. The topological polar surface area (TPSA) is 41.5 Å². The molecule has 1 fully saturated rings. The van der Waals surface area contributed by atoms with Crippen LogP contribution in [0.3, 0.4) is 0 Å². The summed E-state index contributed by atoms with van der Waals surface area (Å²) in [5, 5.41) is 4.14. The normalized spacial score (nSPS) is 25.9. The first kappa shape index (κ1) is 14.7. The molecule has 0 aromatic carbocycles. The SMILES string of the molecule is C/C(=N\NC(=O)C1(C)CC1(Br)Br)c1ccc(Br)s1. The number of halogens is 3. The van der Waals surface area contributed by atoms with E-state index >= 15 is 0 Å². The van der Waals surface area contributed by atoms with E-state index in [2.05, 4.69) is 58.3 Å². The van der Waals surface area contributed by atoms with Crippen molar-refractivity contribution in [3.05, 3.63) is 20.8 Å². The number of carbonyl (C=O) groups excluding carboxylic acids is 1. The molecule has 1 N–H and O–H groups in total. The van der Waals surface area contributed by atoms with E-state index < -0.39 is 5.41 Å². The largest absolute Gasteiger partial charge is 0.272 e. The molecule has 0 radical (unpaired) electrons. The highest BCUT2D eigenvalue weighted by Gasteiger charge is 2.66. The first-order chi connectivity index (χ1) is 8.26. The number of nitrogens with zero attached hydrogens (tertiary/aromatic N) is 1. The van der Waals surface area contributed by atoms with Gasteiger partial charge in [0.1, 0.15) is 0 Å². The third-order valence-electron chi connectivity index (χ3n) is 3.01. The summed E-state index contributed by atoms with van der Waals surface area (Å²) >= 11 is 11.9. The van der Waals surface area contributed by atoms with Crippen LogP contribution in [0.15, 0.2) is 21.0 Å². The standard InChI is InChI=1S/C11H11Br3N2OS/c1-6(7-3-4-8(12)18-7)15-16-9(17)10(2)5-11(10,13)14/h3-4H,5H2,1-2H3,(H,16,17)/b15-6+. The summed E-state index contributed by atoms with van der Waals surface area (Å²) in [5.41, 5.74) is 2.99. The minimum Gasteiger partial charge on any atom is -0.272 e. The Morgan fingerprint density at radius 3 is 2.56 bits per heavy atom. The van der Waals surface area contributed by atoms with Crippen molar-refractivity contribution in [1.29, 1.82) is 0 Å². The summed E-state index contributed by atoms with van der Waals surface area (Å²) < 4.78 is 0.763. The molecule has 1 atom stereocenters. The molecule has 0 saturated heterocycles. The Labute approximate surface area is 135 Å². The summed E-state index contributed by atoms with van der Waals surface area (Å²) in [5.74, 6) is -0.0776. The number of hydrogen-bond donors (Lipinski definition) is 1. The van der Waals surface area contributed by atoms with Crippen molar-refractivity contribution < 1.29 is 4.79 Å². The lowest BCUT2D eigenvalue weighted by atomic mass is 10.1. The van der Waals surface area contributed by atoms with Crippen LogP contribution in [0.4, 0.5) is 0 Å². The number of carbonyl (C=O) groups is 1. The molecule has 1 heterocycles. The lowest BCUT2D eigenvalue weighted by Crippen LogP contribution is -2.30. The third kappa shape index (κ3) is 2.73. The van der Waals surface area contributed by atoms with E-state index in [-0.39, 0.29) is 9.14 Å². The van der Waals surface area contributed by atoms with Crippen molar-refractivity contribution in [2.75, 3.05) is 0 Å². The van der Waals surface area contributed by atoms with Crippen molar-refractivity contribution >= 4 is 70.7 Å². The van der Waals surface area contributed by atoms with Crippen LogP contribution in [0.5, 0.6) is 0 Å². The van der Waals surface area contributed by atoms with Gasteiger partial charge in [0.15, 0.2) is 0 Å². The molecule has 1 unspecified atom stereocenters. The quantitative estimate of drug-likeness (QED) is 0.410. The Hall–Kier alpha value is 0.280. The molecule has 1 amide bonds. The van der Waals surface area contributed by atoms with Gasteiger partial charge >= 0.3 is 0 Å². The molecule has 1 aliphatic carbocycles. The van der Waals surface area contributed by atoms with Gasteiger partial charge in [0.05, 0.1) is 23.0 Å². The number of alkyl halides is 2. The molecule has 18 heavy (non-hydrogen) atoms. The van der Waals surface area contributed by atoms with Crippen LogP contribution in [0.1, 0.15) is 25.1 Å². The highest BCUT2D eigenvalue weighted by molar-refractivity contribution is 9.25. The van der Waals surface area contributed by atoms with Crippen molar-refractivity contribution in [1.82, 2.24) is 5.43 Å². The van der Waals surface area contributed by atoms with E-state index in [1.165, 1.54) is 0 Å². The molecule has 0 bridgehead atoms. The Morgan fingerprint density at radius 1 is 1.50 bits per heavy atom. The third-order valence-corrected chi connectivity index (χ3v) is 7.06. The average Bonchev–Trinajstić information content (AvgIpc) is 2.63. The molecule has 2 rings (SSSR count). The Bertz CT molecular complexity index is 526. The smallest absolute Gasteiger partial charge is 0.248 e. The second kappa shape index (κ2) is 5.00. The van der Waals surface area contributed by atoms with Gasteiger partial charge in [0.25, 0.3) is 0 Å². The molecule has 0 aliphatic heterocycles. The van der Waals surface area contributed by atoms with Crippen molar-refractivity contribution in [2.45, 2.75) is 23.5 Å². The minimum absolute atomic E-state index is 0.0776. The second-order valence-corrected chi connectivity index (χ2v) is 10.7. The van der Waals surface area contributed by atoms with Gasteiger partial charge in [-0.15, -0.1) is 11.3 Å². The van der Waals surface area contributed by atoms with E-state index in [4.69, 9.17) is 0 Å². The van der Waals surface area contributed by atoms with Crippen LogP contribution < -0.4 is 5.43 Å². The lowest BCUT2D eigenvalue weighted by Gasteiger charge is -2.10. The zero-order valence-electron chi connectivity index (χ0n) is 9.76. The molecule has 3 nitrogen and oxygen atoms in total. The number of amides is 1. The van der Waals surface area contributed by atoms with Crippen molar-refractivity contribution in [3.63, 3.8) is 0 Å². The van der Waals surface area contributed by atoms with Crippen LogP contribution in [-0.2, 0) is 4.79 Å². The summed E-state index contributed by atoms with van der Waals surface area (Å²) in [4.78, 5) is 13.0. The summed E-state index contributed by atoms with van der Waals surface area (Å²) in [6.07, 6.45) is 0.755. The number of rotatable bonds is 3. The molecule has 0 spiro atoms. The average molecular weight is 459 g/mol. The van der Waals surface area contributed by atoms with Crippen LogP contribution in [0, 0.1) is 5.41 Å². The number of hydrogen-bond acceptors (Lipinski definition) is 3. The predicted octanol–water partition coefficient (Wildman–Crippen LogP) is 4.25. The predicted molar refractivity (Wildman–Crippen MR) is 85.7 cm³/mol. The van der Waals surface area contributed by atoms with Gasteiger partial charge in [-0.25, -0.2) is 5.43 Å². The number of nitrogens with one attached hydrogen (secondary N) is 1. The molecule has 1 aromatic heterocycles. The fraction of sp³-hybridized carbons (Fsp3) is 0.455. The van der Waals surface area contributed by atoms with Crippen molar-refractivity contribution in [3.8, 4) is 0 Å². The summed E-state index contributed by atoms with van der Waals surface area (Å²) in [6.45, 7) is 3.78. The van der Waals surface area contributed by atoms with E-state index in [0.29, 0.717) is 0 Å². The maximum atomic E-state index is 12.0. The minimum atomic E-state index is -0.438. The van der Waals surface area contributed by atoms with Gasteiger partial charge < -0.3 is 0 Å². The summed E-state index contributed by atoms with van der Waals surface area (Å²) in [7, 11) is 0. The van der Waals surface area contributed by atoms with Gasteiger partial charge in [0, 0.05) is 0 Å². The van der Waals surface area contributed by atoms with Gasteiger partial charge in [-0.3, -0.25) is 4.79 Å². The fourth-order valence-corrected chi connectivity index (χ4v) is 4.28. The van der Waals surface area contributed by atoms with Gasteiger partial charge in [-0.05, 0) is 48.3 Å². The van der Waals surface area contributed by atoms with Crippen LogP contribution in [-0.4, -0.2) is 14.9 Å². The Balaban J connectivity index is 2.02. The monoisotopic (exact) mass is 456 g/mol. The molecule has 7 heteroatoms. The molecule has 98 valence electrons. The molecular formula is C11H11Br3N2OS. The van der Waals surface area contributed by atoms with E-state index in [9.17, 15) is 4.79 Å². The van der Waals surface area contributed by atoms with E-state index in [1.807, 2.05) is 26.0 Å². The fourth-order valence-electron chi connectivity index (χ4n) is 1.47. The zero-order chi connectivity index (χ0) is 13.6. The van der Waals surface area contributed by atoms with Crippen LogP contribution >= 0.6 is 59.1 Å². The maximum absolute atomic E-state index is 12.0. The maximum Gasteiger partial charge on any atom is 0.248 e. The first-order valence-corrected chi connectivity index (χ1v) is 8.44. The Kier molecular flexibility index (Phi) is 4.07. The molecule has 1 saturated carbocycles. The molecule has 1 aliphatic rings. The Morgan fingerprint density at radius 2 is 2.11 bits per heavy atom. The van der Waals surface area contributed by atoms with Crippen molar-refractivity contribution in [2.24, 2.45) is 10.5 Å². The van der Waals surface area contributed by atoms with Crippen LogP contribution in [0.2, 0.25) is 0 Å². The van der Waals surface area contributed by atoms with Gasteiger partial charge in [0.2, 0.25) is 5.91 Å². The van der Waals surface area contributed by atoms with E-state index in [1.54, 1.807) is 11.3 Å². The second-order valence-electron chi connectivity index (χ2n) is 4.46. The number of thiophene rings is 1. The highest BCUT2D eigenvalue weighted by atomic mass is 79.9. The molecule has 1 aromatic rings. The van der Waals surface area contributed by atoms with E-state index in [0.717, 1.165) is 20.8 Å².